The Morgan fingerprint density at radius 2 is 2.11 bits per heavy atom. The van der Waals surface area contributed by atoms with Gasteiger partial charge in [0.05, 0.1) is 0 Å². The highest BCUT2D eigenvalue weighted by atomic mass is 16.1. The van der Waals surface area contributed by atoms with Gasteiger partial charge in [0.1, 0.15) is 0 Å². The van der Waals surface area contributed by atoms with Gasteiger partial charge in [0.25, 0.3) is 5.91 Å². The topological polar surface area (TPSA) is 50.2 Å². The van der Waals surface area contributed by atoms with E-state index in [9.17, 15) is 4.79 Å². The summed E-state index contributed by atoms with van der Waals surface area (Å²) in [6, 6.07) is 11.0. The molecule has 0 unspecified atom stereocenters. The number of hydrogen-bond acceptors (Lipinski definition) is 3. The minimum absolute atomic E-state index is 0.0680. The van der Waals surface area contributed by atoms with E-state index >= 15 is 0 Å². The van der Waals surface area contributed by atoms with Crippen LogP contribution in [-0.2, 0) is 25.8 Å². The Bertz CT molecular complexity index is 753. The highest BCUT2D eigenvalue weighted by molar-refractivity contribution is 5.93. The van der Waals surface area contributed by atoms with Crippen molar-refractivity contribution in [2.24, 2.45) is 0 Å². The molecule has 0 aliphatic heterocycles. The third kappa shape index (κ3) is 4.59. The number of carbonyl (C=O) groups is 1. The number of nitrogens with zero attached hydrogens (tertiary/aromatic N) is 3. The molecule has 3 rings (SSSR count). The summed E-state index contributed by atoms with van der Waals surface area (Å²) >= 11 is 0. The normalized spacial score (nSPS) is 16.4. The van der Waals surface area contributed by atoms with Gasteiger partial charge in [0.15, 0.2) is 5.69 Å². The van der Waals surface area contributed by atoms with Crippen LogP contribution in [0.5, 0.6) is 0 Å². The maximum Gasteiger partial charge on any atom is 0.271 e. The lowest BCUT2D eigenvalue weighted by molar-refractivity contribution is 0.0955. The van der Waals surface area contributed by atoms with Crippen molar-refractivity contribution in [3.8, 4) is 0 Å². The molecule has 5 nitrogen and oxygen atoms in total. The maximum atomic E-state index is 12.4. The molecule has 0 bridgehead atoms. The van der Waals surface area contributed by atoms with Crippen molar-refractivity contribution >= 4 is 5.91 Å². The zero-order valence-electron chi connectivity index (χ0n) is 16.9. The Labute approximate surface area is 162 Å². The SMILES string of the molecule is CCCCN(C)[C@H]1CCc2c(c(C(=O)NC)nn2CCc2ccccc2)C1. The van der Waals surface area contributed by atoms with Crippen molar-refractivity contribution in [3.63, 3.8) is 0 Å². The Morgan fingerprint density at radius 3 is 2.81 bits per heavy atom. The van der Waals surface area contributed by atoms with E-state index in [1.807, 2.05) is 6.07 Å². The van der Waals surface area contributed by atoms with Crippen LogP contribution in [0.2, 0.25) is 0 Å². The van der Waals surface area contributed by atoms with Gasteiger partial charge >= 0.3 is 0 Å². The number of fused-ring (bicyclic) bond motifs is 1. The highest BCUT2D eigenvalue weighted by Crippen LogP contribution is 2.27. The van der Waals surface area contributed by atoms with Crippen molar-refractivity contribution in [2.45, 2.75) is 58.0 Å². The second-order valence-electron chi connectivity index (χ2n) is 7.54. The molecular formula is C22H32N4O. The van der Waals surface area contributed by atoms with Gasteiger partial charge in [0, 0.05) is 30.9 Å². The van der Waals surface area contributed by atoms with E-state index in [4.69, 9.17) is 5.10 Å². The lowest BCUT2D eigenvalue weighted by atomic mass is 9.90. The molecule has 27 heavy (non-hydrogen) atoms. The summed E-state index contributed by atoms with van der Waals surface area (Å²) in [5.41, 5.74) is 4.33. The first-order valence-corrected chi connectivity index (χ1v) is 10.2. The molecule has 1 amide bonds. The quantitative estimate of drug-likeness (QED) is 0.779. The zero-order chi connectivity index (χ0) is 19.2. The van der Waals surface area contributed by atoms with Crippen LogP contribution in [-0.4, -0.2) is 47.3 Å². The fourth-order valence-electron chi connectivity index (χ4n) is 4.00. The second kappa shape index (κ2) is 9.18. The summed E-state index contributed by atoms with van der Waals surface area (Å²) in [7, 11) is 3.90. The molecule has 1 aliphatic rings. The Balaban J connectivity index is 1.79. The van der Waals surface area contributed by atoms with E-state index in [1.165, 1.54) is 24.1 Å². The molecule has 0 fully saturated rings. The molecule has 0 radical (unpaired) electrons. The number of hydrogen-bond donors (Lipinski definition) is 1. The van der Waals surface area contributed by atoms with E-state index < -0.39 is 0 Å². The van der Waals surface area contributed by atoms with Gasteiger partial charge in [-0.3, -0.25) is 9.48 Å². The molecule has 0 saturated carbocycles. The van der Waals surface area contributed by atoms with Gasteiger partial charge in [0.2, 0.25) is 0 Å². The summed E-state index contributed by atoms with van der Waals surface area (Å²) in [4.78, 5) is 14.9. The molecule has 2 aromatic rings. The molecule has 0 spiro atoms. The largest absolute Gasteiger partial charge is 0.354 e. The van der Waals surface area contributed by atoms with Gasteiger partial charge in [-0.2, -0.15) is 5.10 Å². The predicted molar refractivity (Wildman–Crippen MR) is 109 cm³/mol. The average Bonchev–Trinajstić information content (AvgIpc) is 3.08. The van der Waals surface area contributed by atoms with Gasteiger partial charge < -0.3 is 10.2 Å². The third-order valence-corrected chi connectivity index (χ3v) is 5.71. The minimum atomic E-state index is -0.0680. The fourth-order valence-corrected chi connectivity index (χ4v) is 4.00. The minimum Gasteiger partial charge on any atom is -0.354 e. The number of rotatable bonds is 8. The van der Waals surface area contributed by atoms with Gasteiger partial charge in [-0.1, -0.05) is 43.7 Å². The summed E-state index contributed by atoms with van der Waals surface area (Å²) in [5, 5.41) is 7.49. The number of amides is 1. The molecule has 1 N–H and O–H groups in total. The Morgan fingerprint density at radius 1 is 1.33 bits per heavy atom. The third-order valence-electron chi connectivity index (χ3n) is 5.71. The summed E-state index contributed by atoms with van der Waals surface area (Å²) in [5.74, 6) is -0.0680. The van der Waals surface area contributed by atoms with Crippen LogP contribution in [0.4, 0.5) is 0 Å². The van der Waals surface area contributed by atoms with Crippen LogP contribution in [0.3, 0.4) is 0 Å². The lowest BCUT2D eigenvalue weighted by Gasteiger charge is -2.31. The van der Waals surface area contributed by atoms with Crippen LogP contribution in [0, 0.1) is 0 Å². The van der Waals surface area contributed by atoms with Crippen molar-refractivity contribution in [1.29, 1.82) is 0 Å². The molecule has 5 heteroatoms. The maximum absolute atomic E-state index is 12.4. The van der Waals surface area contributed by atoms with Crippen LogP contribution in [0.25, 0.3) is 0 Å². The lowest BCUT2D eigenvalue weighted by Crippen LogP contribution is -2.37. The van der Waals surface area contributed by atoms with Crippen molar-refractivity contribution in [1.82, 2.24) is 20.0 Å². The van der Waals surface area contributed by atoms with Gasteiger partial charge in [-0.15, -0.1) is 0 Å². The van der Waals surface area contributed by atoms with Crippen molar-refractivity contribution in [2.75, 3.05) is 20.6 Å². The Kier molecular flexibility index (Phi) is 6.67. The van der Waals surface area contributed by atoms with Crippen LogP contribution >= 0.6 is 0 Å². The number of likely N-dealkylation sites (N-methyl/N-ethyl adjacent to an activating group) is 1. The average molecular weight is 369 g/mol. The van der Waals surface area contributed by atoms with Crippen molar-refractivity contribution < 1.29 is 4.79 Å². The molecule has 1 aromatic heterocycles. The first-order valence-electron chi connectivity index (χ1n) is 10.2. The van der Waals surface area contributed by atoms with Gasteiger partial charge in [-0.25, -0.2) is 0 Å². The summed E-state index contributed by atoms with van der Waals surface area (Å²) in [6.07, 6.45) is 6.42. The van der Waals surface area contributed by atoms with Gasteiger partial charge in [-0.05, 0) is 51.3 Å². The van der Waals surface area contributed by atoms with Crippen LogP contribution in [0.15, 0.2) is 30.3 Å². The van der Waals surface area contributed by atoms with Crippen LogP contribution in [0.1, 0.15) is 53.5 Å². The predicted octanol–water partition coefficient (Wildman–Crippen LogP) is 3.07. The summed E-state index contributed by atoms with van der Waals surface area (Å²) in [6.45, 7) is 4.17. The first-order chi connectivity index (χ1) is 13.1. The fraction of sp³-hybridized carbons (Fsp3) is 0.545. The molecular weight excluding hydrogens is 336 g/mol. The van der Waals surface area contributed by atoms with Crippen LogP contribution < -0.4 is 5.32 Å². The number of carbonyl (C=O) groups excluding carboxylic acids is 1. The Hall–Kier alpha value is -2.14. The number of unbranched alkanes of at least 4 members (excludes halogenated alkanes) is 1. The molecule has 1 aliphatic carbocycles. The van der Waals surface area contributed by atoms with E-state index in [0.717, 1.165) is 44.3 Å². The molecule has 1 aromatic carbocycles. The molecule has 1 heterocycles. The number of nitrogens with one attached hydrogen (secondary N) is 1. The van der Waals surface area contributed by atoms with Crippen molar-refractivity contribution in [3.05, 3.63) is 52.8 Å². The summed E-state index contributed by atoms with van der Waals surface area (Å²) < 4.78 is 2.08. The molecule has 146 valence electrons. The number of aryl methyl sites for hydroxylation is 2. The smallest absolute Gasteiger partial charge is 0.271 e. The zero-order valence-corrected chi connectivity index (χ0v) is 16.9. The first kappa shape index (κ1) is 19.6. The van der Waals surface area contributed by atoms with E-state index in [0.29, 0.717) is 11.7 Å². The van der Waals surface area contributed by atoms with E-state index in [1.54, 1.807) is 7.05 Å². The number of aromatic nitrogens is 2. The standard InChI is InChI=1S/C22H32N4O/c1-4-5-14-25(3)18-11-12-20-19(16-18)21(22(27)23-2)24-26(20)15-13-17-9-7-6-8-10-17/h6-10,18H,4-5,11-16H2,1-3H3,(H,23,27)/t18-/m0/s1. The molecule has 1 atom stereocenters. The molecule has 0 saturated heterocycles. The number of benzene rings is 1. The second-order valence-corrected chi connectivity index (χ2v) is 7.54. The highest BCUT2D eigenvalue weighted by Gasteiger charge is 2.30. The van der Waals surface area contributed by atoms with E-state index in [2.05, 4.69) is 53.1 Å². The monoisotopic (exact) mass is 368 g/mol. The van der Waals surface area contributed by atoms with E-state index in [-0.39, 0.29) is 5.91 Å².